The number of hydrogen-bond donors (Lipinski definition) is 1. The molecule has 0 atom stereocenters. The summed E-state index contributed by atoms with van der Waals surface area (Å²) < 4.78 is 9.98. The normalized spacial score (nSPS) is 9.94. The van der Waals surface area contributed by atoms with Crippen LogP contribution in [0.1, 0.15) is 19.3 Å². The predicted octanol–water partition coefficient (Wildman–Crippen LogP) is 2.00. The molecule has 0 aliphatic rings. The number of nitrogens with one attached hydrogen (secondary N) is 1. The second-order valence-electron chi connectivity index (χ2n) is 3.47. The number of carbonyl (C=O) groups excluding carboxylic acids is 1. The number of anilines is 1. The molecular weight excluding hydrogens is 302 g/mol. The lowest BCUT2D eigenvalue weighted by molar-refractivity contribution is -0.116. The number of aromatic nitrogens is 2. The van der Waals surface area contributed by atoms with Crippen molar-refractivity contribution in [1.29, 1.82) is 0 Å². The highest BCUT2D eigenvalue weighted by atomic mass is 79.9. The first-order chi connectivity index (χ1) is 8.69. The van der Waals surface area contributed by atoms with Gasteiger partial charge in [-0.3, -0.25) is 10.1 Å². The molecule has 1 aromatic rings. The highest BCUT2D eigenvalue weighted by Gasteiger charge is 2.08. The van der Waals surface area contributed by atoms with Crippen molar-refractivity contribution in [2.24, 2.45) is 0 Å². The van der Waals surface area contributed by atoms with Crippen molar-refractivity contribution < 1.29 is 14.3 Å². The van der Waals surface area contributed by atoms with Crippen LogP contribution in [0.25, 0.3) is 0 Å². The zero-order valence-electron chi connectivity index (χ0n) is 10.4. The number of alkyl halides is 1. The molecule has 1 N–H and O–H groups in total. The van der Waals surface area contributed by atoms with E-state index >= 15 is 0 Å². The molecule has 1 heterocycles. The number of amides is 1. The van der Waals surface area contributed by atoms with Gasteiger partial charge in [-0.1, -0.05) is 15.9 Å². The molecule has 0 saturated carbocycles. The number of rotatable bonds is 7. The Morgan fingerprint density at radius 3 is 2.39 bits per heavy atom. The number of nitrogens with zero attached hydrogens (tertiary/aromatic N) is 2. The molecule has 1 rings (SSSR count). The van der Waals surface area contributed by atoms with Gasteiger partial charge in [-0.05, 0) is 12.8 Å². The Labute approximate surface area is 114 Å². The number of carbonyl (C=O) groups is 1. The van der Waals surface area contributed by atoms with Crippen molar-refractivity contribution in [3.63, 3.8) is 0 Å². The Hall–Kier alpha value is -1.37. The molecule has 0 aliphatic carbocycles. The Morgan fingerprint density at radius 1 is 1.28 bits per heavy atom. The van der Waals surface area contributed by atoms with E-state index in [9.17, 15) is 4.79 Å². The van der Waals surface area contributed by atoms with E-state index in [1.807, 2.05) is 0 Å². The van der Waals surface area contributed by atoms with Crippen molar-refractivity contribution in [2.45, 2.75) is 19.3 Å². The third kappa shape index (κ3) is 4.87. The van der Waals surface area contributed by atoms with Crippen LogP contribution in [0, 0.1) is 0 Å². The monoisotopic (exact) mass is 317 g/mol. The summed E-state index contributed by atoms with van der Waals surface area (Å²) in [4.78, 5) is 19.6. The van der Waals surface area contributed by atoms with Crippen LogP contribution in [0.5, 0.6) is 11.8 Å². The summed E-state index contributed by atoms with van der Waals surface area (Å²) in [7, 11) is 2.98. The maximum absolute atomic E-state index is 11.6. The maximum atomic E-state index is 11.6. The summed E-state index contributed by atoms with van der Waals surface area (Å²) in [6.07, 6.45) is 2.21. The SMILES string of the molecule is COc1cc(OC)nc(NC(=O)CCCCBr)n1. The predicted molar refractivity (Wildman–Crippen MR) is 71.4 cm³/mol. The number of ether oxygens (including phenoxy) is 2. The molecule has 0 unspecified atom stereocenters. The molecule has 0 spiro atoms. The maximum Gasteiger partial charge on any atom is 0.236 e. The molecule has 6 nitrogen and oxygen atoms in total. The molecule has 0 saturated heterocycles. The fourth-order valence-corrected chi connectivity index (χ4v) is 1.63. The second-order valence-corrected chi connectivity index (χ2v) is 4.26. The third-order valence-electron chi connectivity index (χ3n) is 2.14. The lowest BCUT2D eigenvalue weighted by Gasteiger charge is -2.07. The minimum atomic E-state index is -0.119. The second kappa shape index (κ2) is 7.86. The fourth-order valence-electron chi connectivity index (χ4n) is 1.24. The van der Waals surface area contributed by atoms with E-state index in [1.54, 1.807) is 6.07 Å². The van der Waals surface area contributed by atoms with Crippen molar-refractivity contribution in [3.8, 4) is 11.8 Å². The summed E-state index contributed by atoms with van der Waals surface area (Å²) in [5.74, 6) is 0.761. The average molecular weight is 318 g/mol. The molecule has 100 valence electrons. The molecule has 0 bridgehead atoms. The molecular formula is C11H16BrN3O3. The van der Waals surface area contributed by atoms with E-state index in [-0.39, 0.29) is 11.9 Å². The Morgan fingerprint density at radius 2 is 1.89 bits per heavy atom. The minimum absolute atomic E-state index is 0.119. The minimum Gasteiger partial charge on any atom is -0.481 e. The summed E-state index contributed by atoms with van der Waals surface area (Å²) in [6, 6.07) is 1.54. The van der Waals surface area contributed by atoms with Crippen LogP contribution in [0.15, 0.2) is 6.07 Å². The topological polar surface area (TPSA) is 73.3 Å². The average Bonchev–Trinajstić information content (AvgIpc) is 2.38. The summed E-state index contributed by atoms with van der Waals surface area (Å²) in [6.45, 7) is 0. The van der Waals surface area contributed by atoms with Crippen molar-refractivity contribution in [2.75, 3.05) is 24.9 Å². The smallest absolute Gasteiger partial charge is 0.236 e. The summed E-state index contributed by atoms with van der Waals surface area (Å²) >= 11 is 3.31. The molecule has 0 fully saturated rings. The van der Waals surface area contributed by atoms with Crippen molar-refractivity contribution in [3.05, 3.63) is 6.07 Å². The van der Waals surface area contributed by atoms with Crippen molar-refractivity contribution in [1.82, 2.24) is 9.97 Å². The van der Waals surface area contributed by atoms with E-state index in [1.165, 1.54) is 14.2 Å². The van der Waals surface area contributed by atoms with E-state index in [0.717, 1.165) is 18.2 Å². The first-order valence-electron chi connectivity index (χ1n) is 5.52. The van der Waals surface area contributed by atoms with E-state index in [4.69, 9.17) is 9.47 Å². The van der Waals surface area contributed by atoms with Gasteiger partial charge < -0.3 is 9.47 Å². The van der Waals surface area contributed by atoms with Crippen LogP contribution in [0.2, 0.25) is 0 Å². The van der Waals surface area contributed by atoms with Gasteiger partial charge in [0.15, 0.2) is 0 Å². The Balaban J connectivity index is 2.62. The van der Waals surface area contributed by atoms with E-state index in [2.05, 4.69) is 31.2 Å². The summed E-state index contributed by atoms with van der Waals surface area (Å²) in [5.41, 5.74) is 0. The zero-order chi connectivity index (χ0) is 13.4. The van der Waals surface area contributed by atoms with Gasteiger partial charge in [0.25, 0.3) is 0 Å². The Bertz CT molecular complexity index is 379. The highest BCUT2D eigenvalue weighted by Crippen LogP contribution is 2.17. The first kappa shape index (κ1) is 14.7. The molecule has 1 aromatic heterocycles. The van der Waals surface area contributed by atoms with E-state index < -0.39 is 0 Å². The zero-order valence-corrected chi connectivity index (χ0v) is 12.0. The molecule has 7 heteroatoms. The van der Waals surface area contributed by atoms with E-state index in [0.29, 0.717) is 18.2 Å². The standard InChI is InChI=1S/C11H16BrN3O3/c1-17-9-7-10(18-2)15-11(14-9)13-8(16)5-3-4-6-12/h7H,3-6H2,1-2H3,(H,13,14,15,16). The van der Waals surface area contributed by atoms with Crippen LogP contribution in [-0.4, -0.2) is 35.4 Å². The quantitative estimate of drug-likeness (QED) is 0.615. The van der Waals surface area contributed by atoms with Gasteiger partial charge in [-0.25, -0.2) is 0 Å². The lowest BCUT2D eigenvalue weighted by Crippen LogP contribution is -2.14. The number of methoxy groups -OCH3 is 2. The van der Waals surface area contributed by atoms with Gasteiger partial charge >= 0.3 is 0 Å². The molecule has 0 aliphatic heterocycles. The van der Waals surface area contributed by atoms with Gasteiger partial charge in [-0.2, -0.15) is 9.97 Å². The van der Waals surface area contributed by atoms with Crippen molar-refractivity contribution >= 4 is 27.8 Å². The van der Waals surface area contributed by atoms with Gasteiger partial charge in [0, 0.05) is 11.8 Å². The van der Waals surface area contributed by atoms with Crippen LogP contribution >= 0.6 is 15.9 Å². The summed E-state index contributed by atoms with van der Waals surface area (Å²) in [5, 5.41) is 3.51. The van der Waals surface area contributed by atoms with Gasteiger partial charge in [0.2, 0.25) is 23.6 Å². The van der Waals surface area contributed by atoms with Gasteiger partial charge in [-0.15, -0.1) is 0 Å². The molecule has 0 radical (unpaired) electrons. The van der Waals surface area contributed by atoms with Gasteiger partial charge in [0.1, 0.15) is 0 Å². The van der Waals surface area contributed by atoms with Gasteiger partial charge in [0.05, 0.1) is 20.3 Å². The molecule has 0 aromatic carbocycles. The Kier molecular flexibility index (Phi) is 6.42. The van der Waals surface area contributed by atoms with Crippen LogP contribution in [-0.2, 0) is 4.79 Å². The molecule has 18 heavy (non-hydrogen) atoms. The highest BCUT2D eigenvalue weighted by molar-refractivity contribution is 9.09. The largest absolute Gasteiger partial charge is 0.481 e. The lowest BCUT2D eigenvalue weighted by atomic mass is 10.2. The number of unbranched alkanes of at least 4 members (excludes halogenated alkanes) is 1. The third-order valence-corrected chi connectivity index (χ3v) is 2.70. The number of halogens is 1. The first-order valence-corrected chi connectivity index (χ1v) is 6.64. The molecule has 1 amide bonds. The van der Waals surface area contributed by atoms with Crippen LogP contribution < -0.4 is 14.8 Å². The van der Waals surface area contributed by atoms with Crippen LogP contribution in [0.4, 0.5) is 5.95 Å². The number of hydrogen-bond acceptors (Lipinski definition) is 5. The van der Waals surface area contributed by atoms with Crippen LogP contribution in [0.3, 0.4) is 0 Å². The fraction of sp³-hybridized carbons (Fsp3) is 0.545.